The number of aryl methyl sites for hydroxylation is 3. The molecule has 3 aromatic rings. The molecule has 2 heterocycles. The standard InChI is InChI=1S/C19H25N6S.BrH/c1-5-25(11-10-24-9-8-23(4)14-24)17-6-7-18(15(2)12-17)21-22-19-20-13-16(3)26-19;/h6-9,12-14H,5,10-11H2,1-4H3;1H/q+1;/p-1. The van der Waals surface area contributed by atoms with Gasteiger partial charge in [0.1, 0.15) is 18.9 Å². The van der Waals surface area contributed by atoms with Crippen LogP contribution in [0.1, 0.15) is 17.4 Å². The lowest BCUT2D eigenvalue weighted by Crippen LogP contribution is -3.00. The minimum Gasteiger partial charge on any atom is -1.00 e. The van der Waals surface area contributed by atoms with Crippen LogP contribution in [0.4, 0.5) is 16.5 Å². The van der Waals surface area contributed by atoms with Crippen molar-refractivity contribution in [3.63, 3.8) is 0 Å². The van der Waals surface area contributed by atoms with E-state index >= 15 is 0 Å². The monoisotopic (exact) mass is 448 g/mol. The highest BCUT2D eigenvalue weighted by atomic mass is 79.9. The normalized spacial score (nSPS) is 11.0. The SMILES string of the molecule is CCN(CCn1cc[n+](C)c1)c1ccc(N=Nc2ncc(C)s2)c(C)c1.[Br-]. The van der Waals surface area contributed by atoms with Crippen molar-refractivity contribution in [2.75, 3.05) is 18.0 Å². The first kappa shape index (κ1) is 21.2. The third kappa shape index (κ3) is 5.71. The second kappa shape index (κ2) is 9.75. The highest BCUT2D eigenvalue weighted by Crippen LogP contribution is 2.28. The van der Waals surface area contributed by atoms with Gasteiger partial charge in [0.25, 0.3) is 0 Å². The van der Waals surface area contributed by atoms with Gasteiger partial charge in [0, 0.05) is 23.3 Å². The number of benzene rings is 1. The molecule has 0 radical (unpaired) electrons. The molecule has 27 heavy (non-hydrogen) atoms. The summed E-state index contributed by atoms with van der Waals surface area (Å²) in [7, 11) is 2.04. The Bertz CT molecular complexity index is 901. The number of halogens is 1. The average molecular weight is 449 g/mol. The molecule has 0 atom stereocenters. The Hall–Kier alpha value is -2.06. The number of hydrogen-bond acceptors (Lipinski definition) is 5. The Labute approximate surface area is 175 Å². The van der Waals surface area contributed by atoms with E-state index in [0.29, 0.717) is 5.13 Å². The molecule has 0 saturated carbocycles. The molecule has 0 unspecified atom stereocenters. The summed E-state index contributed by atoms with van der Waals surface area (Å²) in [6, 6.07) is 6.33. The molecule has 6 nitrogen and oxygen atoms in total. The maximum absolute atomic E-state index is 4.36. The number of azo groups is 1. The molecule has 0 fully saturated rings. The number of anilines is 1. The summed E-state index contributed by atoms with van der Waals surface area (Å²) in [5.41, 5.74) is 3.21. The van der Waals surface area contributed by atoms with Gasteiger partial charge in [-0.15, -0.1) is 10.2 Å². The number of rotatable bonds is 7. The van der Waals surface area contributed by atoms with Crippen molar-refractivity contribution in [2.45, 2.75) is 27.3 Å². The fourth-order valence-electron chi connectivity index (χ4n) is 2.77. The Morgan fingerprint density at radius 3 is 2.67 bits per heavy atom. The Kier molecular flexibility index (Phi) is 7.67. The Morgan fingerprint density at radius 2 is 2.07 bits per heavy atom. The third-order valence-corrected chi connectivity index (χ3v) is 5.03. The van der Waals surface area contributed by atoms with Gasteiger partial charge in [0.15, 0.2) is 0 Å². The molecular formula is C19H25BrN6S. The average Bonchev–Trinajstić information content (AvgIpc) is 3.23. The summed E-state index contributed by atoms with van der Waals surface area (Å²) in [5, 5.41) is 9.30. The summed E-state index contributed by atoms with van der Waals surface area (Å²) in [6.45, 7) is 9.16. The molecule has 0 aliphatic heterocycles. The molecule has 0 saturated heterocycles. The fraction of sp³-hybridized carbons (Fsp3) is 0.368. The second-order valence-electron chi connectivity index (χ2n) is 6.32. The number of imidazole rings is 1. The van der Waals surface area contributed by atoms with E-state index in [1.807, 2.05) is 26.2 Å². The van der Waals surface area contributed by atoms with E-state index in [0.717, 1.165) is 35.8 Å². The summed E-state index contributed by atoms with van der Waals surface area (Å²) < 4.78 is 4.26. The van der Waals surface area contributed by atoms with E-state index in [9.17, 15) is 0 Å². The largest absolute Gasteiger partial charge is 1.00 e. The molecule has 0 aliphatic rings. The zero-order valence-electron chi connectivity index (χ0n) is 16.1. The molecule has 8 heteroatoms. The summed E-state index contributed by atoms with van der Waals surface area (Å²) >= 11 is 1.55. The lowest BCUT2D eigenvalue weighted by molar-refractivity contribution is -0.671. The number of aromatic nitrogens is 3. The number of likely N-dealkylation sites (N-methyl/N-ethyl adjacent to an activating group) is 1. The van der Waals surface area contributed by atoms with E-state index in [4.69, 9.17) is 0 Å². The van der Waals surface area contributed by atoms with Gasteiger partial charge in [-0.3, -0.25) is 0 Å². The number of hydrogen-bond donors (Lipinski definition) is 0. The maximum Gasteiger partial charge on any atom is 0.243 e. The zero-order chi connectivity index (χ0) is 18.5. The van der Waals surface area contributed by atoms with Crippen molar-refractivity contribution in [1.82, 2.24) is 9.55 Å². The smallest absolute Gasteiger partial charge is 0.243 e. The Morgan fingerprint density at radius 1 is 1.26 bits per heavy atom. The first-order valence-electron chi connectivity index (χ1n) is 8.76. The second-order valence-corrected chi connectivity index (χ2v) is 7.53. The van der Waals surface area contributed by atoms with Crippen molar-refractivity contribution in [2.24, 2.45) is 17.3 Å². The van der Waals surface area contributed by atoms with Crippen molar-refractivity contribution < 1.29 is 21.5 Å². The quantitative estimate of drug-likeness (QED) is 0.404. The minimum atomic E-state index is 0. The molecule has 0 spiro atoms. The first-order valence-corrected chi connectivity index (χ1v) is 9.57. The van der Waals surface area contributed by atoms with Crippen LogP contribution in [-0.2, 0) is 13.6 Å². The molecular weight excluding hydrogens is 424 g/mol. The lowest BCUT2D eigenvalue weighted by atomic mass is 10.1. The predicted molar refractivity (Wildman–Crippen MR) is 106 cm³/mol. The van der Waals surface area contributed by atoms with Crippen LogP contribution in [0.5, 0.6) is 0 Å². The van der Waals surface area contributed by atoms with Gasteiger partial charge in [0.2, 0.25) is 11.5 Å². The van der Waals surface area contributed by atoms with E-state index < -0.39 is 0 Å². The van der Waals surface area contributed by atoms with E-state index in [-0.39, 0.29) is 17.0 Å². The van der Waals surface area contributed by atoms with E-state index in [2.05, 4.69) is 73.9 Å². The maximum atomic E-state index is 4.36. The van der Waals surface area contributed by atoms with Gasteiger partial charge in [-0.05, 0) is 44.5 Å². The first-order chi connectivity index (χ1) is 12.5. The van der Waals surface area contributed by atoms with Crippen LogP contribution in [-0.4, -0.2) is 22.6 Å². The van der Waals surface area contributed by atoms with Crippen LogP contribution in [0.2, 0.25) is 0 Å². The third-order valence-electron chi connectivity index (χ3n) is 4.23. The van der Waals surface area contributed by atoms with Crippen LogP contribution in [0.3, 0.4) is 0 Å². The summed E-state index contributed by atoms with van der Waals surface area (Å²) in [5.74, 6) is 0. The number of thiazole rings is 1. The van der Waals surface area contributed by atoms with Gasteiger partial charge < -0.3 is 21.9 Å². The summed E-state index contributed by atoms with van der Waals surface area (Å²) in [4.78, 5) is 7.73. The molecule has 0 amide bonds. The van der Waals surface area contributed by atoms with Crippen LogP contribution in [0.15, 0.2) is 53.3 Å². The van der Waals surface area contributed by atoms with Crippen LogP contribution in [0.25, 0.3) is 0 Å². The van der Waals surface area contributed by atoms with Gasteiger partial charge in [-0.25, -0.2) is 14.1 Å². The molecule has 0 aliphatic carbocycles. The molecule has 1 aromatic carbocycles. The van der Waals surface area contributed by atoms with Gasteiger partial charge in [-0.2, -0.15) is 0 Å². The fourth-order valence-corrected chi connectivity index (χ4v) is 3.35. The van der Waals surface area contributed by atoms with Gasteiger partial charge in [0.05, 0.1) is 19.3 Å². The lowest BCUT2D eigenvalue weighted by Gasteiger charge is -2.22. The van der Waals surface area contributed by atoms with Crippen LogP contribution < -0.4 is 26.4 Å². The highest BCUT2D eigenvalue weighted by Gasteiger charge is 2.09. The minimum absolute atomic E-state index is 0. The van der Waals surface area contributed by atoms with Crippen molar-refractivity contribution in [3.05, 3.63) is 53.6 Å². The molecule has 0 N–H and O–H groups in total. The Balaban J connectivity index is 0.00000261. The van der Waals surface area contributed by atoms with E-state index in [1.165, 1.54) is 5.69 Å². The molecule has 144 valence electrons. The highest BCUT2D eigenvalue weighted by molar-refractivity contribution is 7.15. The van der Waals surface area contributed by atoms with Crippen molar-refractivity contribution >= 4 is 27.8 Å². The molecule has 2 aromatic heterocycles. The van der Waals surface area contributed by atoms with E-state index in [1.54, 1.807) is 11.3 Å². The molecule has 0 bridgehead atoms. The predicted octanol–water partition coefficient (Wildman–Crippen LogP) is 1.33. The molecule has 3 rings (SSSR count). The number of nitrogens with zero attached hydrogens (tertiary/aromatic N) is 6. The topological polar surface area (TPSA) is 49.7 Å². The zero-order valence-corrected chi connectivity index (χ0v) is 18.5. The van der Waals surface area contributed by atoms with Crippen molar-refractivity contribution in [3.8, 4) is 0 Å². The van der Waals surface area contributed by atoms with Gasteiger partial charge in [-0.1, -0.05) is 11.3 Å². The van der Waals surface area contributed by atoms with Crippen molar-refractivity contribution in [1.29, 1.82) is 0 Å². The van der Waals surface area contributed by atoms with Crippen LogP contribution in [0, 0.1) is 13.8 Å². The van der Waals surface area contributed by atoms with Gasteiger partial charge >= 0.3 is 0 Å². The summed E-state index contributed by atoms with van der Waals surface area (Å²) in [6.07, 6.45) is 8.08. The van der Waals surface area contributed by atoms with Crippen LogP contribution >= 0.6 is 11.3 Å².